The largest absolute Gasteiger partial charge is 0.289 e. The summed E-state index contributed by atoms with van der Waals surface area (Å²) in [4.78, 5) is 17.0. The molecule has 0 aliphatic rings. The van der Waals surface area contributed by atoms with Crippen molar-refractivity contribution in [3.63, 3.8) is 0 Å². The molecule has 5 nitrogen and oxygen atoms in total. The number of rotatable bonds is 2. The van der Waals surface area contributed by atoms with Crippen LogP contribution >= 0.6 is 22.9 Å². The highest BCUT2D eigenvalue weighted by Gasteiger charge is 2.13. The Morgan fingerprint density at radius 3 is 2.95 bits per heavy atom. The van der Waals surface area contributed by atoms with Crippen molar-refractivity contribution < 1.29 is 4.79 Å². The van der Waals surface area contributed by atoms with Gasteiger partial charge in [-0.1, -0.05) is 23.7 Å². The van der Waals surface area contributed by atoms with Crippen molar-refractivity contribution >= 4 is 39.8 Å². The van der Waals surface area contributed by atoms with Crippen molar-refractivity contribution in [1.82, 2.24) is 14.6 Å². The number of fused-ring (bicyclic) bond motifs is 1. The molecule has 0 saturated carbocycles. The molecule has 0 atom stereocenters. The van der Waals surface area contributed by atoms with Gasteiger partial charge in [-0.3, -0.25) is 10.1 Å². The number of carbonyl (C=O) groups is 1. The molecular formula is C12H9ClN4OS. The molecule has 0 saturated heterocycles. The number of carbonyl (C=O) groups excluding carboxylic acids is 1. The van der Waals surface area contributed by atoms with Crippen LogP contribution < -0.4 is 5.32 Å². The average molecular weight is 293 g/mol. The van der Waals surface area contributed by atoms with Gasteiger partial charge in [0.2, 0.25) is 4.96 Å². The van der Waals surface area contributed by atoms with E-state index in [1.165, 1.54) is 11.3 Å². The summed E-state index contributed by atoms with van der Waals surface area (Å²) in [7, 11) is 0. The number of thiazole rings is 1. The number of anilines is 1. The van der Waals surface area contributed by atoms with Crippen LogP contribution in [0, 0.1) is 6.92 Å². The molecule has 0 unspecified atom stereocenters. The highest BCUT2D eigenvalue weighted by molar-refractivity contribution is 7.15. The standard InChI is InChI=1S/C12H9ClN4OS/c1-7-6-19-12-15-11(16-17(7)12)14-10(18)8-4-2-3-5-9(8)13/h2-6H,1H3,(H,14,16,18). The fraction of sp³-hybridized carbons (Fsp3) is 0.0833. The second kappa shape index (κ2) is 4.64. The van der Waals surface area contributed by atoms with Gasteiger partial charge in [-0.25, -0.2) is 4.52 Å². The molecule has 3 aromatic rings. The number of aryl methyl sites for hydroxylation is 1. The van der Waals surface area contributed by atoms with E-state index in [9.17, 15) is 4.79 Å². The second-order valence-electron chi connectivity index (χ2n) is 3.94. The molecule has 3 rings (SSSR count). The molecule has 96 valence electrons. The summed E-state index contributed by atoms with van der Waals surface area (Å²) in [5, 5.41) is 9.20. The smallest absolute Gasteiger partial charge is 0.259 e. The van der Waals surface area contributed by atoms with Crippen molar-refractivity contribution in [2.45, 2.75) is 6.92 Å². The summed E-state index contributed by atoms with van der Waals surface area (Å²) in [5.74, 6) is -0.0404. The lowest BCUT2D eigenvalue weighted by Crippen LogP contribution is -2.13. The highest BCUT2D eigenvalue weighted by atomic mass is 35.5. The van der Waals surface area contributed by atoms with E-state index < -0.39 is 0 Å². The van der Waals surface area contributed by atoms with Crippen LogP contribution in [0.25, 0.3) is 4.96 Å². The third-order valence-electron chi connectivity index (χ3n) is 2.59. The molecule has 2 heterocycles. The number of benzene rings is 1. The number of nitrogens with zero attached hydrogens (tertiary/aromatic N) is 3. The lowest BCUT2D eigenvalue weighted by molar-refractivity contribution is 0.102. The first-order valence-electron chi connectivity index (χ1n) is 5.52. The van der Waals surface area contributed by atoms with Crippen LogP contribution in [0.15, 0.2) is 29.6 Å². The Hall–Kier alpha value is -1.92. The van der Waals surface area contributed by atoms with E-state index in [2.05, 4.69) is 15.4 Å². The molecule has 7 heteroatoms. The van der Waals surface area contributed by atoms with Gasteiger partial charge in [0, 0.05) is 5.38 Å². The first-order valence-corrected chi connectivity index (χ1v) is 6.77. The molecule has 1 aromatic carbocycles. The lowest BCUT2D eigenvalue weighted by Gasteiger charge is -2.02. The van der Waals surface area contributed by atoms with E-state index in [1.807, 2.05) is 12.3 Å². The Morgan fingerprint density at radius 2 is 2.21 bits per heavy atom. The number of nitrogens with one attached hydrogen (secondary N) is 1. The maximum atomic E-state index is 12.0. The summed E-state index contributed by atoms with van der Waals surface area (Å²) in [6.07, 6.45) is 0. The maximum absolute atomic E-state index is 12.0. The van der Waals surface area contributed by atoms with Crippen LogP contribution in [-0.2, 0) is 0 Å². The predicted octanol–water partition coefficient (Wildman–Crippen LogP) is 3.00. The summed E-state index contributed by atoms with van der Waals surface area (Å²) < 4.78 is 1.69. The first-order chi connectivity index (χ1) is 9.15. The molecule has 19 heavy (non-hydrogen) atoms. The molecule has 0 bridgehead atoms. The molecule has 0 radical (unpaired) electrons. The van der Waals surface area contributed by atoms with Crippen molar-refractivity contribution in [2.24, 2.45) is 0 Å². The van der Waals surface area contributed by atoms with Crippen LogP contribution in [0.4, 0.5) is 5.95 Å². The number of halogens is 1. The van der Waals surface area contributed by atoms with E-state index in [0.717, 1.165) is 10.7 Å². The van der Waals surface area contributed by atoms with Gasteiger partial charge in [-0.2, -0.15) is 4.98 Å². The first kappa shape index (κ1) is 12.1. The summed E-state index contributed by atoms with van der Waals surface area (Å²) in [6.45, 7) is 1.93. The van der Waals surface area contributed by atoms with Gasteiger partial charge in [0.25, 0.3) is 11.9 Å². The SMILES string of the molecule is Cc1csc2nc(NC(=O)c3ccccc3Cl)nn12. The summed E-state index contributed by atoms with van der Waals surface area (Å²) in [6, 6.07) is 6.85. The fourth-order valence-corrected chi connectivity index (χ4v) is 2.68. The molecule has 1 amide bonds. The summed E-state index contributed by atoms with van der Waals surface area (Å²) >= 11 is 7.44. The van der Waals surface area contributed by atoms with Gasteiger partial charge in [0.15, 0.2) is 0 Å². The third kappa shape index (κ3) is 2.20. The van der Waals surface area contributed by atoms with Gasteiger partial charge in [0.05, 0.1) is 16.3 Å². The zero-order valence-corrected chi connectivity index (χ0v) is 11.5. The Labute approximate surface area is 117 Å². The average Bonchev–Trinajstić information content (AvgIpc) is 2.92. The maximum Gasteiger partial charge on any atom is 0.259 e. The molecule has 1 N–H and O–H groups in total. The van der Waals surface area contributed by atoms with Gasteiger partial charge in [-0.05, 0) is 19.1 Å². The minimum absolute atomic E-state index is 0.278. The molecule has 0 spiro atoms. The zero-order valence-electron chi connectivity index (χ0n) is 9.92. The van der Waals surface area contributed by atoms with Gasteiger partial charge < -0.3 is 0 Å². The fourth-order valence-electron chi connectivity index (χ4n) is 1.66. The molecular weight excluding hydrogens is 284 g/mol. The summed E-state index contributed by atoms with van der Waals surface area (Å²) in [5.41, 5.74) is 1.38. The number of amides is 1. The number of hydrogen-bond acceptors (Lipinski definition) is 4. The van der Waals surface area contributed by atoms with Gasteiger partial charge in [-0.15, -0.1) is 16.4 Å². The Balaban J connectivity index is 1.88. The monoisotopic (exact) mass is 292 g/mol. The number of aromatic nitrogens is 3. The Bertz CT molecular complexity index is 764. The molecule has 0 aliphatic heterocycles. The van der Waals surface area contributed by atoms with E-state index >= 15 is 0 Å². The van der Waals surface area contributed by atoms with Crippen LogP contribution in [0.2, 0.25) is 5.02 Å². The topological polar surface area (TPSA) is 59.3 Å². The van der Waals surface area contributed by atoms with Crippen molar-refractivity contribution in [3.05, 3.63) is 45.9 Å². The van der Waals surface area contributed by atoms with E-state index in [0.29, 0.717) is 10.6 Å². The van der Waals surface area contributed by atoms with Gasteiger partial charge in [0.1, 0.15) is 0 Å². The van der Waals surface area contributed by atoms with Crippen molar-refractivity contribution in [1.29, 1.82) is 0 Å². The van der Waals surface area contributed by atoms with E-state index in [4.69, 9.17) is 11.6 Å². The van der Waals surface area contributed by atoms with Gasteiger partial charge >= 0.3 is 0 Å². The van der Waals surface area contributed by atoms with E-state index in [-0.39, 0.29) is 11.9 Å². The van der Waals surface area contributed by atoms with Crippen LogP contribution in [-0.4, -0.2) is 20.5 Å². The Kier molecular flexibility index (Phi) is 2.96. The zero-order chi connectivity index (χ0) is 13.4. The van der Waals surface area contributed by atoms with E-state index in [1.54, 1.807) is 28.8 Å². The third-order valence-corrected chi connectivity index (χ3v) is 3.85. The lowest BCUT2D eigenvalue weighted by atomic mass is 10.2. The van der Waals surface area contributed by atoms with Crippen LogP contribution in [0.3, 0.4) is 0 Å². The minimum Gasteiger partial charge on any atom is -0.289 e. The quantitative estimate of drug-likeness (QED) is 0.790. The van der Waals surface area contributed by atoms with Crippen LogP contribution in [0.1, 0.15) is 16.1 Å². The second-order valence-corrected chi connectivity index (χ2v) is 5.18. The van der Waals surface area contributed by atoms with Crippen molar-refractivity contribution in [2.75, 3.05) is 5.32 Å². The number of hydrogen-bond donors (Lipinski definition) is 1. The van der Waals surface area contributed by atoms with Crippen LogP contribution in [0.5, 0.6) is 0 Å². The predicted molar refractivity (Wildman–Crippen MR) is 75.0 cm³/mol. The minimum atomic E-state index is -0.318. The normalized spacial score (nSPS) is 10.8. The molecule has 2 aromatic heterocycles. The Morgan fingerprint density at radius 1 is 1.42 bits per heavy atom. The highest BCUT2D eigenvalue weighted by Crippen LogP contribution is 2.18. The molecule has 0 fully saturated rings. The van der Waals surface area contributed by atoms with Crippen molar-refractivity contribution in [3.8, 4) is 0 Å². The molecule has 0 aliphatic carbocycles.